The van der Waals surface area contributed by atoms with Gasteiger partial charge in [0.05, 0.1) is 17.2 Å². The number of aromatic nitrogens is 1. The normalized spacial score (nSPS) is 20.1. The van der Waals surface area contributed by atoms with Crippen LogP contribution in [0.4, 0.5) is 0 Å². The summed E-state index contributed by atoms with van der Waals surface area (Å²) in [4.78, 5) is 32.0. The molecule has 0 aliphatic carbocycles. The van der Waals surface area contributed by atoms with Gasteiger partial charge in [-0.25, -0.2) is 0 Å². The van der Waals surface area contributed by atoms with Gasteiger partial charge in [0.25, 0.3) is 11.8 Å². The smallest absolute Gasteiger partial charge is 0.282 e. The second-order valence-electron chi connectivity index (χ2n) is 6.76. The summed E-state index contributed by atoms with van der Waals surface area (Å²) in [7, 11) is 0. The van der Waals surface area contributed by atoms with Crippen LogP contribution in [0.3, 0.4) is 0 Å². The first-order chi connectivity index (χ1) is 13.1. The van der Waals surface area contributed by atoms with Gasteiger partial charge >= 0.3 is 0 Å². The number of hydrogen-bond acceptors (Lipinski definition) is 6. The number of phenolic OH excluding ortho intramolecular Hbond substituents is 1. The lowest BCUT2D eigenvalue weighted by Crippen LogP contribution is -2.38. The van der Waals surface area contributed by atoms with Gasteiger partial charge in [-0.05, 0) is 50.2 Å². The number of rotatable bonds is 4. The fourth-order valence-corrected chi connectivity index (χ4v) is 3.57. The summed E-state index contributed by atoms with van der Waals surface area (Å²) in [6.07, 6.45) is 5.18. The van der Waals surface area contributed by atoms with Gasteiger partial charge in [0.2, 0.25) is 0 Å². The molecule has 1 N–H and O–H groups in total. The summed E-state index contributed by atoms with van der Waals surface area (Å²) < 4.78 is 0. The largest absolute Gasteiger partial charge is 0.507 e. The van der Waals surface area contributed by atoms with E-state index in [4.69, 9.17) is 0 Å². The standard InChI is InChI=1S/C20H20N4O3/c25-17-8-2-1-7-15(17)18-16(13-23-10-3-4-11-23)20(27)24(22-18)19(26)14-6-5-9-21-12-14/h1-2,5-9,12,16,25H,3-4,10-11,13H2. The highest BCUT2D eigenvalue weighted by atomic mass is 16.3. The van der Waals surface area contributed by atoms with Gasteiger partial charge in [0, 0.05) is 24.5 Å². The Hall–Kier alpha value is -3.06. The highest BCUT2D eigenvalue weighted by Crippen LogP contribution is 2.29. The zero-order chi connectivity index (χ0) is 18.8. The lowest BCUT2D eigenvalue weighted by atomic mass is 9.95. The van der Waals surface area contributed by atoms with Gasteiger partial charge in [-0.2, -0.15) is 10.1 Å². The Bertz CT molecular complexity index is 891. The number of hydrogen-bond donors (Lipinski definition) is 1. The van der Waals surface area contributed by atoms with Crippen molar-refractivity contribution in [2.45, 2.75) is 12.8 Å². The number of benzene rings is 1. The Morgan fingerprint density at radius 3 is 2.63 bits per heavy atom. The third-order valence-electron chi connectivity index (χ3n) is 4.96. The predicted molar refractivity (Wildman–Crippen MR) is 99.2 cm³/mol. The molecule has 138 valence electrons. The molecular weight excluding hydrogens is 344 g/mol. The number of hydrazone groups is 1. The van der Waals surface area contributed by atoms with Crippen molar-refractivity contribution in [3.05, 3.63) is 59.9 Å². The Morgan fingerprint density at radius 2 is 1.93 bits per heavy atom. The summed E-state index contributed by atoms with van der Waals surface area (Å²) in [5.74, 6) is -1.41. The highest BCUT2D eigenvalue weighted by Gasteiger charge is 2.42. The minimum atomic E-state index is -0.586. The van der Waals surface area contributed by atoms with E-state index in [1.807, 2.05) is 0 Å². The van der Waals surface area contributed by atoms with Gasteiger partial charge in [-0.1, -0.05) is 12.1 Å². The van der Waals surface area contributed by atoms with E-state index in [0.717, 1.165) is 30.9 Å². The first-order valence-corrected chi connectivity index (χ1v) is 9.02. The maximum atomic E-state index is 13.1. The van der Waals surface area contributed by atoms with Crippen molar-refractivity contribution in [1.82, 2.24) is 14.9 Å². The van der Waals surface area contributed by atoms with E-state index >= 15 is 0 Å². The van der Waals surface area contributed by atoms with Crippen LogP contribution in [0.1, 0.15) is 28.8 Å². The third kappa shape index (κ3) is 3.33. The summed E-state index contributed by atoms with van der Waals surface area (Å²) >= 11 is 0. The van der Waals surface area contributed by atoms with Gasteiger partial charge in [-0.3, -0.25) is 14.6 Å². The summed E-state index contributed by atoms with van der Waals surface area (Å²) in [5, 5.41) is 15.5. The van der Waals surface area contributed by atoms with Crippen LogP contribution < -0.4 is 0 Å². The number of phenols is 1. The van der Waals surface area contributed by atoms with Crippen LogP contribution in [-0.4, -0.2) is 57.2 Å². The van der Waals surface area contributed by atoms with Gasteiger partial charge in [0.1, 0.15) is 5.75 Å². The minimum absolute atomic E-state index is 0.0474. The van der Waals surface area contributed by atoms with Crippen LogP contribution in [0.25, 0.3) is 0 Å². The molecule has 0 saturated carbocycles. The fourth-order valence-electron chi connectivity index (χ4n) is 3.57. The van der Waals surface area contributed by atoms with E-state index in [1.54, 1.807) is 42.6 Å². The number of amides is 2. The van der Waals surface area contributed by atoms with Crippen LogP contribution in [0, 0.1) is 5.92 Å². The number of para-hydroxylation sites is 1. The molecule has 2 aromatic rings. The maximum absolute atomic E-state index is 13.1. The van der Waals surface area contributed by atoms with E-state index in [0.29, 0.717) is 23.4 Å². The minimum Gasteiger partial charge on any atom is -0.507 e. The molecule has 2 aliphatic heterocycles. The molecule has 3 heterocycles. The average Bonchev–Trinajstić information content (AvgIpc) is 3.32. The van der Waals surface area contributed by atoms with Crippen molar-refractivity contribution in [2.75, 3.05) is 19.6 Å². The molecule has 4 rings (SSSR count). The van der Waals surface area contributed by atoms with Crippen LogP contribution >= 0.6 is 0 Å². The Kier molecular flexibility index (Phi) is 4.68. The molecule has 7 nitrogen and oxygen atoms in total. The first kappa shape index (κ1) is 17.4. The monoisotopic (exact) mass is 364 g/mol. The molecule has 1 aromatic carbocycles. The van der Waals surface area contributed by atoms with Gasteiger partial charge in [-0.15, -0.1) is 0 Å². The van der Waals surface area contributed by atoms with Crippen LogP contribution in [0.15, 0.2) is 53.9 Å². The molecule has 2 amide bonds. The van der Waals surface area contributed by atoms with Gasteiger partial charge < -0.3 is 10.0 Å². The number of nitrogens with zero attached hydrogens (tertiary/aromatic N) is 4. The number of imide groups is 1. The Morgan fingerprint density at radius 1 is 1.15 bits per heavy atom. The van der Waals surface area contributed by atoms with Crippen molar-refractivity contribution in [1.29, 1.82) is 0 Å². The van der Waals surface area contributed by atoms with Crippen LogP contribution in [0.5, 0.6) is 5.75 Å². The number of pyridine rings is 1. The van der Waals surface area contributed by atoms with Crippen molar-refractivity contribution in [3.63, 3.8) is 0 Å². The average molecular weight is 364 g/mol. The van der Waals surface area contributed by atoms with Crippen molar-refractivity contribution >= 4 is 17.5 Å². The summed E-state index contributed by atoms with van der Waals surface area (Å²) in [5.41, 5.74) is 1.21. The quantitative estimate of drug-likeness (QED) is 0.838. The molecule has 1 saturated heterocycles. The second kappa shape index (κ2) is 7.28. The van der Waals surface area contributed by atoms with E-state index in [-0.39, 0.29) is 11.7 Å². The molecule has 0 bridgehead atoms. The van der Waals surface area contributed by atoms with Crippen LogP contribution in [-0.2, 0) is 4.79 Å². The van der Waals surface area contributed by atoms with Crippen molar-refractivity contribution < 1.29 is 14.7 Å². The number of likely N-dealkylation sites (tertiary alicyclic amines) is 1. The number of carbonyl (C=O) groups is 2. The SMILES string of the molecule is O=C(c1cccnc1)N1N=C(c2ccccc2O)C(CN2CCCC2)C1=O. The topological polar surface area (TPSA) is 86.1 Å². The molecule has 0 spiro atoms. The van der Waals surface area contributed by atoms with Crippen molar-refractivity contribution in [3.8, 4) is 5.75 Å². The molecule has 27 heavy (non-hydrogen) atoms. The Balaban J connectivity index is 1.70. The first-order valence-electron chi connectivity index (χ1n) is 9.02. The molecule has 2 aliphatic rings. The van der Waals surface area contributed by atoms with E-state index in [9.17, 15) is 14.7 Å². The maximum Gasteiger partial charge on any atom is 0.282 e. The molecule has 1 aromatic heterocycles. The second-order valence-corrected chi connectivity index (χ2v) is 6.76. The predicted octanol–water partition coefficient (Wildman–Crippen LogP) is 1.89. The summed E-state index contributed by atoms with van der Waals surface area (Å²) in [6.45, 7) is 2.34. The van der Waals surface area contributed by atoms with Crippen LogP contribution in [0.2, 0.25) is 0 Å². The fraction of sp³-hybridized carbons (Fsp3) is 0.300. The lowest BCUT2D eigenvalue weighted by molar-refractivity contribution is -0.129. The van der Waals surface area contributed by atoms with E-state index < -0.39 is 11.8 Å². The highest BCUT2D eigenvalue weighted by molar-refractivity contribution is 6.22. The lowest BCUT2D eigenvalue weighted by Gasteiger charge is -2.20. The molecule has 1 unspecified atom stereocenters. The third-order valence-corrected chi connectivity index (χ3v) is 4.96. The molecular formula is C20H20N4O3. The molecule has 1 fully saturated rings. The number of carbonyl (C=O) groups excluding carboxylic acids is 2. The van der Waals surface area contributed by atoms with Crippen molar-refractivity contribution in [2.24, 2.45) is 11.0 Å². The van der Waals surface area contributed by atoms with E-state index in [2.05, 4.69) is 15.0 Å². The molecule has 7 heteroatoms. The number of aromatic hydroxyl groups is 1. The molecule has 1 atom stereocenters. The zero-order valence-corrected chi connectivity index (χ0v) is 14.8. The summed E-state index contributed by atoms with van der Waals surface area (Å²) in [6, 6.07) is 10.0. The Labute approximate surface area is 156 Å². The van der Waals surface area contributed by atoms with E-state index in [1.165, 1.54) is 6.20 Å². The van der Waals surface area contributed by atoms with Gasteiger partial charge in [0.15, 0.2) is 0 Å². The molecule has 0 radical (unpaired) electrons. The zero-order valence-electron chi connectivity index (χ0n) is 14.8.